The van der Waals surface area contributed by atoms with Crippen LogP contribution in [0.2, 0.25) is 0 Å². The predicted molar refractivity (Wildman–Crippen MR) is 61.5 cm³/mol. The molecule has 0 spiro atoms. The predicted octanol–water partition coefficient (Wildman–Crippen LogP) is 0.861. The lowest BCUT2D eigenvalue weighted by molar-refractivity contribution is 0.388. The van der Waals surface area contributed by atoms with Crippen LogP contribution in [0.25, 0.3) is 0 Å². The lowest BCUT2D eigenvalue weighted by Gasteiger charge is -2.29. The normalized spacial score (nSPS) is 26.5. The van der Waals surface area contributed by atoms with Crippen LogP contribution in [-0.2, 0) is 0 Å². The topological polar surface area (TPSA) is 66.0 Å². The number of amidine groups is 1. The van der Waals surface area contributed by atoms with Crippen molar-refractivity contribution in [2.75, 3.05) is 0 Å². The third-order valence-corrected chi connectivity index (χ3v) is 2.68. The Labute approximate surface area is 94.4 Å². The molecule has 15 heavy (non-hydrogen) atoms. The van der Waals surface area contributed by atoms with Gasteiger partial charge < -0.3 is 5.32 Å². The van der Waals surface area contributed by atoms with Crippen molar-refractivity contribution in [3.8, 4) is 0 Å². The van der Waals surface area contributed by atoms with Gasteiger partial charge in [0.05, 0.1) is 0 Å². The largest absolute Gasteiger partial charge is 0.352 e. The lowest BCUT2D eigenvalue weighted by atomic mass is 10.2. The van der Waals surface area contributed by atoms with Crippen LogP contribution in [0.4, 0.5) is 0 Å². The molecule has 2 rings (SSSR count). The minimum atomic E-state index is -0.554. The van der Waals surface area contributed by atoms with Gasteiger partial charge in [-0.2, -0.15) is 4.99 Å². The summed E-state index contributed by atoms with van der Waals surface area (Å²) in [7, 11) is 0. The summed E-state index contributed by atoms with van der Waals surface area (Å²) in [6.07, 6.45) is 2.37. The highest BCUT2D eigenvalue weighted by Crippen LogP contribution is 2.20. The SMILES string of the molecule is CC(C)C1=NC(NC2CC2)=NC(Cl)N1N. The molecule has 0 aromatic heterocycles. The molecule has 84 valence electrons. The zero-order valence-electron chi connectivity index (χ0n) is 8.94. The second kappa shape index (κ2) is 3.98. The van der Waals surface area contributed by atoms with Gasteiger partial charge in [-0.3, -0.25) is 5.01 Å². The first-order valence-corrected chi connectivity index (χ1v) is 5.62. The summed E-state index contributed by atoms with van der Waals surface area (Å²) >= 11 is 6.00. The summed E-state index contributed by atoms with van der Waals surface area (Å²) < 4.78 is 0. The Morgan fingerprint density at radius 3 is 2.73 bits per heavy atom. The van der Waals surface area contributed by atoms with Gasteiger partial charge in [0.2, 0.25) is 11.6 Å². The molecular weight excluding hydrogens is 214 g/mol. The van der Waals surface area contributed by atoms with Gasteiger partial charge in [-0.1, -0.05) is 25.4 Å². The average Bonchev–Trinajstić information content (AvgIpc) is 2.94. The summed E-state index contributed by atoms with van der Waals surface area (Å²) in [5.41, 5.74) is -0.554. The maximum atomic E-state index is 6.00. The van der Waals surface area contributed by atoms with E-state index < -0.39 is 5.62 Å². The number of nitrogens with two attached hydrogens (primary N) is 1. The van der Waals surface area contributed by atoms with Crippen molar-refractivity contribution in [3.63, 3.8) is 0 Å². The highest BCUT2D eigenvalue weighted by atomic mass is 35.5. The number of nitrogens with zero attached hydrogens (tertiary/aromatic N) is 3. The van der Waals surface area contributed by atoms with Crippen molar-refractivity contribution in [2.45, 2.75) is 38.4 Å². The average molecular weight is 230 g/mol. The molecule has 0 radical (unpaired) electrons. The lowest BCUT2D eigenvalue weighted by Crippen LogP contribution is -2.49. The summed E-state index contributed by atoms with van der Waals surface area (Å²) in [6, 6.07) is 0.522. The molecule has 3 N–H and O–H groups in total. The fourth-order valence-electron chi connectivity index (χ4n) is 1.37. The van der Waals surface area contributed by atoms with E-state index in [-0.39, 0.29) is 5.92 Å². The van der Waals surface area contributed by atoms with E-state index in [4.69, 9.17) is 17.4 Å². The van der Waals surface area contributed by atoms with Crippen molar-refractivity contribution in [3.05, 3.63) is 0 Å². The maximum Gasteiger partial charge on any atom is 0.223 e. The molecule has 1 fully saturated rings. The van der Waals surface area contributed by atoms with Crippen LogP contribution >= 0.6 is 11.6 Å². The Bertz CT molecular complexity index is 308. The molecule has 0 bridgehead atoms. The van der Waals surface area contributed by atoms with E-state index in [1.165, 1.54) is 17.9 Å². The molecule has 5 nitrogen and oxygen atoms in total. The van der Waals surface area contributed by atoms with Crippen LogP contribution in [0.15, 0.2) is 9.98 Å². The fourth-order valence-corrected chi connectivity index (χ4v) is 1.57. The highest BCUT2D eigenvalue weighted by Gasteiger charge is 2.28. The molecule has 0 saturated heterocycles. The Kier molecular flexibility index (Phi) is 2.84. The number of aliphatic imine (C=N–C) groups is 2. The van der Waals surface area contributed by atoms with Crippen LogP contribution < -0.4 is 11.2 Å². The van der Waals surface area contributed by atoms with Crippen LogP contribution in [0.5, 0.6) is 0 Å². The minimum Gasteiger partial charge on any atom is -0.352 e. The molecule has 1 aliphatic heterocycles. The Morgan fingerprint density at radius 2 is 2.20 bits per heavy atom. The van der Waals surface area contributed by atoms with Crippen molar-refractivity contribution in [1.29, 1.82) is 0 Å². The van der Waals surface area contributed by atoms with Gasteiger partial charge in [0, 0.05) is 12.0 Å². The fraction of sp³-hybridized carbons (Fsp3) is 0.778. The monoisotopic (exact) mass is 229 g/mol. The standard InChI is InChI=1S/C9H16ClN5/c1-5(2)7-13-9(12-6-3-4-6)14-8(10)15(7)11/h5-6,8H,3-4,11H2,1-2H3,(H,12,14). The van der Waals surface area contributed by atoms with E-state index in [1.807, 2.05) is 13.8 Å². The van der Waals surface area contributed by atoms with E-state index in [9.17, 15) is 0 Å². The van der Waals surface area contributed by atoms with Crippen LogP contribution in [-0.4, -0.2) is 28.5 Å². The number of nitrogens with one attached hydrogen (secondary N) is 1. The third kappa shape index (κ3) is 2.41. The molecule has 1 unspecified atom stereocenters. The van der Waals surface area contributed by atoms with Gasteiger partial charge in [0.1, 0.15) is 5.84 Å². The Hall–Kier alpha value is -0.810. The second-order valence-corrected chi connectivity index (χ2v) is 4.60. The Morgan fingerprint density at radius 1 is 1.53 bits per heavy atom. The van der Waals surface area contributed by atoms with Crippen LogP contribution in [0.3, 0.4) is 0 Å². The van der Waals surface area contributed by atoms with E-state index in [1.54, 1.807) is 0 Å². The van der Waals surface area contributed by atoms with Gasteiger partial charge in [0.15, 0.2) is 0 Å². The molecule has 0 aromatic rings. The molecule has 2 aliphatic rings. The molecule has 0 amide bonds. The van der Waals surface area contributed by atoms with Crippen LogP contribution in [0.1, 0.15) is 26.7 Å². The van der Waals surface area contributed by atoms with Crippen molar-refractivity contribution < 1.29 is 0 Å². The number of guanidine groups is 1. The van der Waals surface area contributed by atoms with Gasteiger partial charge in [-0.25, -0.2) is 10.8 Å². The molecule has 1 atom stereocenters. The van der Waals surface area contributed by atoms with E-state index in [0.717, 1.165) is 5.84 Å². The van der Waals surface area contributed by atoms with Crippen LogP contribution in [0, 0.1) is 5.92 Å². The van der Waals surface area contributed by atoms with E-state index >= 15 is 0 Å². The molecule has 1 saturated carbocycles. The number of halogens is 1. The Balaban J connectivity index is 2.13. The number of hydrazine groups is 1. The molecule has 1 heterocycles. The molecule has 1 aliphatic carbocycles. The minimum absolute atomic E-state index is 0.239. The van der Waals surface area contributed by atoms with Crippen molar-refractivity contribution in [2.24, 2.45) is 21.7 Å². The van der Waals surface area contributed by atoms with Gasteiger partial charge in [0.25, 0.3) is 0 Å². The van der Waals surface area contributed by atoms with E-state index in [0.29, 0.717) is 12.0 Å². The van der Waals surface area contributed by atoms with Crippen molar-refractivity contribution in [1.82, 2.24) is 10.3 Å². The number of hydrogen-bond acceptors (Lipinski definition) is 5. The maximum absolute atomic E-state index is 6.00. The van der Waals surface area contributed by atoms with Gasteiger partial charge in [-0.05, 0) is 12.8 Å². The summed E-state index contributed by atoms with van der Waals surface area (Å²) in [4.78, 5) is 8.53. The first-order valence-electron chi connectivity index (χ1n) is 5.19. The smallest absolute Gasteiger partial charge is 0.223 e. The molecule has 6 heteroatoms. The number of hydrogen-bond donors (Lipinski definition) is 2. The highest BCUT2D eigenvalue weighted by molar-refractivity contribution is 6.22. The summed E-state index contributed by atoms with van der Waals surface area (Å²) in [6.45, 7) is 4.06. The molecule has 0 aromatic carbocycles. The van der Waals surface area contributed by atoms with Crippen molar-refractivity contribution >= 4 is 23.4 Å². The first kappa shape index (κ1) is 10.7. The summed E-state index contributed by atoms with van der Waals surface area (Å²) in [5, 5.41) is 4.63. The molecular formula is C9H16ClN5. The zero-order chi connectivity index (χ0) is 11.0. The third-order valence-electron chi connectivity index (χ3n) is 2.37. The van der Waals surface area contributed by atoms with Gasteiger partial charge in [-0.15, -0.1) is 0 Å². The first-order chi connectivity index (χ1) is 7.08. The number of rotatable bonds is 2. The van der Waals surface area contributed by atoms with Gasteiger partial charge >= 0.3 is 0 Å². The summed E-state index contributed by atoms with van der Waals surface area (Å²) in [5.74, 6) is 7.39. The quantitative estimate of drug-likeness (QED) is 0.419. The second-order valence-electron chi connectivity index (χ2n) is 4.21. The van der Waals surface area contributed by atoms with E-state index in [2.05, 4.69) is 15.3 Å². The number of alkyl halides is 1. The zero-order valence-corrected chi connectivity index (χ0v) is 9.70.